The summed E-state index contributed by atoms with van der Waals surface area (Å²) in [4.78, 5) is 24.4. The number of nitrogen functional groups attached to an aromatic ring is 2. The number of hydrogen-bond donors (Lipinski definition) is 2. The van der Waals surface area contributed by atoms with Gasteiger partial charge in [-0.3, -0.25) is 0 Å². The van der Waals surface area contributed by atoms with Crippen LogP contribution in [-0.2, 0) is 0 Å². The Labute approximate surface area is 121 Å². The fraction of sp³-hybridized carbons (Fsp3) is 0. The second kappa shape index (κ2) is 3.99. The molecule has 0 bridgehead atoms. The third-order valence-corrected chi connectivity index (χ3v) is 3.19. The Bertz CT molecular complexity index is 986. The van der Waals surface area contributed by atoms with Gasteiger partial charge in [-0.2, -0.15) is 9.97 Å². The van der Waals surface area contributed by atoms with Gasteiger partial charge in [0.15, 0.2) is 27.8 Å². The molecule has 0 radical (unpaired) electrons. The van der Waals surface area contributed by atoms with Crippen LogP contribution in [0.15, 0.2) is 19.0 Å². The van der Waals surface area contributed by atoms with Crippen LogP contribution in [-0.4, -0.2) is 39.3 Å². The Morgan fingerprint density at radius 3 is 2.38 bits per heavy atom. The summed E-state index contributed by atoms with van der Waals surface area (Å²) >= 11 is 6.00. The zero-order valence-corrected chi connectivity index (χ0v) is 11.1. The highest BCUT2D eigenvalue weighted by Gasteiger charge is 2.15. The molecule has 0 fully saturated rings. The van der Waals surface area contributed by atoms with Gasteiger partial charge in [-0.15, -0.1) is 0 Å². The lowest BCUT2D eigenvalue weighted by molar-refractivity contribution is 0.688. The fourth-order valence-electron chi connectivity index (χ4n) is 2.03. The molecule has 0 aliphatic heterocycles. The number of hydrogen-bond acceptors (Lipinski definition) is 8. The Hall–Kier alpha value is -3.01. The van der Waals surface area contributed by atoms with Crippen molar-refractivity contribution in [3.8, 4) is 0 Å². The first-order valence-electron chi connectivity index (χ1n) is 5.75. The van der Waals surface area contributed by atoms with Gasteiger partial charge < -0.3 is 11.5 Å². The fourth-order valence-corrected chi connectivity index (χ4v) is 2.25. The molecule has 4 aromatic rings. The van der Waals surface area contributed by atoms with Crippen LogP contribution in [0.4, 0.5) is 11.8 Å². The molecule has 0 spiro atoms. The van der Waals surface area contributed by atoms with E-state index in [1.165, 1.54) is 19.0 Å². The maximum absolute atomic E-state index is 6.00. The van der Waals surface area contributed by atoms with Crippen LogP contribution in [0.25, 0.3) is 22.3 Å². The molecule has 0 amide bonds. The van der Waals surface area contributed by atoms with Gasteiger partial charge in [0.1, 0.15) is 24.5 Å². The average molecular weight is 303 g/mol. The van der Waals surface area contributed by atoms with Crippen LogP contribution >= 0.6 is 11.6 Å². The quantitative estimate of drug-likeness (QED) is 0.472. The topological polar surface area (TPSA) is 139 Å². The van der Waals surface area contributed by atoms with Gasteiger partial charge >= 0.3 is 0 Å². The summed E-state index contributed by atoms with van der Waals surface area (Å²) in [5, 5.41) is 0.176. The van der Waals surface area contributed by atoms with Crippen LogP contribution in [0.5, 0.6) is 0 Å². The zero-order valence-electron chi connectivity index (χ0n) is 10.3. The van der Waals surface area contributed by atoms with Gasteiger partial charge in [-0.25, -0.2) is 29.3 Å². The third-order valence-electron chi connectivity index (χ3n) is 2.93. The molecule has 0 aliphatic rings. The van der Waals surface area contributed by atoms with Crippen molar-refractivity contribution >= 4 is 45.7 Å². The van der Waals surface area contributed by atoms with E-state index in [4.69, 9.17) is 23.1 Å². The molecule has 0 aliphatic carbocycles. The smallest absolute Gasteiger partial charge is 0.223 e. The SMILES string of the molecule is Nc1nc(Cl)c2ncn(-n3cnc4c(N)ncnc43)c2n1. The standard InChI is InChI=1S/C10H7ClN10/c11-6-4-9(19-10(13)18-6)21(2-16-4)20-3-17-5-7(12)14-1-15-8(5)20/h1-3H,(H2,12,14,15)(H2,13,18,19). The predicted octanol–water partition coefficient (Wildman–Crippen LogP) is 0.0952. The van der Waals surface area contributed by atoms with E-state index in [1.54, 1.807) is 9.35 Å². The van der Waals surface area contributed by atoms with Crippen molar-refractivity contribution in [3.63, 3.8) is 0 Å². The van der Waals surface area contributed by atoms with Crippen molar-refractivity contribution in [2.24, 2.45) is 0 Å². The minimum absolute atomic E-state index is 0.0489. The summed E-state index contributed by atoms with van der Waals surface area (Å²) in [5.74, 6) is 0.336. The predicted molar refractivity (Wildman–Crippen MR) is 75.3 cm³/mol. The Morgan fingerprint density at radius 2 is 1.57 bits per heavy atom. The maximum Gasteiger partial charge on any atom is 0.223 e. The summed E-state index contributed by atoms with van der Waals surface area (Å²) in [6.45, 7) is 0. The Kier molecular flexibility index (Phi) is 2.24. The van der Waals surface area contributed by atoms with E-state index >= 15 is 0 Å². The van der Waals surface area contributed by atoms with Crippen molar-refractivity contribution in [1.82, 2.24) is 39.3 Å². The zero-order chi connectivity index (χ0) is 14.6. The molecule has 10 nitrogen and oxygen atoms in total. The van der Waals surface area contributed by atoms with E-state index in [1.807, 2.05) is 0 Å². The minimum atomic E-state index is 0.0489. The highest BCUT2D eigenvalue weighted by Crippen LogP contribution is 2.21. The van der Waals surface area contributed by atoms with E-state index in [2.05, 4.69) is 29.9 Å². The van der Waals surface area contributed by atoms with Crippen molar-refractivity contribution in [2.45, 2.75) is 0 Å². The number of nitrogens with two attached hydrogens (primary N) is 2. The van der Waals surface area contributed by atoms with Crippen molar-refractivity contribution in [3.05, 3.63) is 24.1 Å². The summed E-state index contributed by atoms with van der Waals surface area (Å²) in [6, 6.07) is 0. The lowest BCUT2D eigenvalue weighted by Crippen LogP contribution is -2.09. The Morgan fingerprint density at radius 1 is 0.857 bits per heavy atom. The number of aromatic nitrogens is 8. The molecular formula is C10H7ClN10. The van der Waals surface area contributed by atoms with Crippen molar-refractivity contribution < 1.29 is 0 Å². The number of nitrogens with zero attached hydrogens (tertiary/aromatic N) is 8. The van der Waals surface area contributed by atoms with Crippen LogP contribution in [0.2, 0.25) is 5.15 Å². The summed E-state index contributed by atoms with van der Waals surface area (Å²) in [7, 11) is 0. The van der Waals surface area contributed by atoms with Gasteiger partial charge in [0.25, 0.3) is 0 Å². The first kappa shape index (κ1) is 11.8. The minimum Gasteiger partial charge on any atom is -0.382 e. The van der Waals surface area contributed by atoms with Crippen LogP contribution in [0, 0.1) is 0 Å². The van der Waals surface area contributed by atoms with Crippen LogP contribution < -0.4 is 11.5 Å². The molecule has 4 aromatic heterocycles. The van der Waals surface area contributed by atoms with Crippen molar-refractivity contribution in [1.29, 1.82) is 0 Å². The van der Waals surface area contributed by atoms with Crippen LogP contribution in [0.3, 0.4) is 0 Å². The molecular weight excluding hydrogens is 296 g/mol. The third kappa shape index (κ3) is 1.59. The second-order valence-corrected chi connectivity index (χ2v) is 4.51. The summed E-state index contributed by atoms with van der Waals surface area (Å²) in [6.07, 6.45) is 4.40. The number of imidazole rings is 2. The van der Waals surface area contributed by atoms with E-state index in [-0.39, 0.29) is 16.9 Å². The van der Waals surface area contributed by atoms with Crippen molar-refractivity contribution in [2.75, 3.05) is 11.5 Å². The average Bonchev–Trinajstić information content (AvgIpc) is 3.03. The molecule has 0 aromatic carbocycles. The number of halogens is 1. The van der Waals surface area contributed by atoms with Gasteiger partial charge in [0.05, 0.1) is 0 Å². The van der Waals surface area contributed by atoms with Gasteiger partial charge in [0, 0.05) is 0 Å². The van der Waals surface area contributed by atoms with E-state index in [0.29, 0.717) is 22.3 Å². The molecule has 104 valence electrons. The first-order valence-corrected chi connectivity index (χ1v) is 6.13. The maximum atomic E-state index is 6.00. The molecule has 4 N–H and O–H groups in total. The number of rotatable bonds is 1. The lowest BCUT2D eigenvalue weighted by Gasteiger charge is -2.05. The summed E-state index contributed by atoms with van der Waals surface area (Å²) < 4.78 is 3.21. The van der Waals surface area contributed by atoms with Gasteiger partial charge in [-0.1, -0.05) is 11.6 Å². The molecule has 0 saturated carbocycles. The monoisotopic (exact) mass is 302 g/mol. The molecule has 0 unspecified atom stereocenters. The molecule has 4 heterocycles. The number of fused-ring (bicyclic) bond motifs is 2. The normalized spacial score (nSPS) is 11.5. The second-order valence-electron chi connectivity index (χ2n) is 4.15. The summed E-state index contributed by atoms with van der Waals surface area (Å²) in [5.41, 5.74) is 13.2. The van der Waals surface area contributed by atoms with E-state index in [9.17, 15) is 0 Å². The van der Waals surface area contributed by atoms with Gasteiger partial charge in [-0.05, 0) is 0 Å². The highest BCUT2D eigenvalue weighted by atomic mass is 35.5. The van der Waals surface area contributed by atoms with E-state index in [0.717, 1.165) is 0 Å². The van der Waals surface area contributed by atoms with Gasteiger partial charge in [0.2, 0.25) is 5.95 Å². The molecule has 0 atom stereocenters. The first-order chi connectivity index (χ1) is 10.1. The molecule has 4 rings (SSSR count). The molecule has 21 heavy (non-hydrogen) atoms. The van der Waals surface area contributed by atoms with E-state index < -0.39 is 0 Å². The highest BCUT2D eigenvalue weighted by molar-refractivity contribution is 6.33. The Balaban J connectivity index is 2.07. The largest absolute Gasteiger partial charge is 0.382 e. The molecule has 11 heteroatoms. The molecule has 0 saturated heterocycles. The lowest BCUT2D eigenvalue weighted by atomic mass is 10.5. The van der Waals surface area contributed by atoms with Crippen LogP contribution in [0.1, 0.15) is 0 Å². The number of anilines is 2.